The molecule has 3 rings (SSSR count). The van der Waals surface area contributed by atoms with Crippen molar-refractivity contribution in [2.24, 2.45) is 0 Å². The van der Waals surface area contributed by atoms with Crippen LogP contribution < -0.4 is 4.90 Å². The van der Waals surface area contributed by atoms with Crippen molar-refractivity contribution in [2.75, 3.05) is 18.6 Å². The van der Waals surface area contributed by atoms with E-state index >= 15 is 0 Å². The second-order valence-corrected chi connectivity index (χ2v) is 6.41. The van der Waals surface area contributed by atoms with Crippen LogP contribution in [0.3, 0.4) is 0 Å². The fraction of sp³-hybridized carbons (Fsp3) is 0.316. The summed E-state index contributed by atoms with van der Waals surface area (Å²) in [6, 6.07) is 16.0. The third kappa shape index (κ3) is 2.53. The van der Waals surface area contributed by atoms with Crippen molar-refractivity contribution < 1.29 is 9.53 Å². The molecule has 0 atom stereocenters. The molecule has 0 saturated heterocycles. The Hall–Kier alpha value is -2.13. The number of hydrogen-bond acceptors (Lipinski definition) is 2. The first-order chi connectivity index (χ1) is 10.5. The van der Waals surface area contributed by atoms with E-state index in [1.54, 1.807) is 7.11 Å². The number of ether oxygens (including phenoxy) is 1. The number of hydrogen-bond donors (Lipinski definition) is 0. The molecule has 0 fully saturated rings. The van der Waals surface area contributed by atoms with E-state index in [4.69, 9.17) is 4.74 Å². The van der Waals surface area contributed by atoms with Gasteiger partial charge in [-0.15, -0.1) is 0 Å². The van der Waals surface area contributed by atoms with Crippen LogP contribution in [0.5, 0.6) is 0 Å². The maximum atomic E-state index is 12.5. The molecule has 3 nitrogen and oxygen atoms in total. The Labute approximate surface area is 131 Å². The van der Waals surface area contributed by atoms with E-state index in [9.17, 15) is 4.79 Å². The summed E-state index contributed by atoms with van der Waals surface area (Å²) in [4.78, 5) is 14.3. The van der Waals surface area contributed by atoms with Crippen molar-refractivity contribution in [3.63, 3.8) is 0 Å². The van der Waals surface area contributed by atoms with Gasteiger partial charge in [0.25, 0.3) is 5.91 Å². The number of benzene rings is 2. The molecule has 1 heterocycles. The second-order valence-electron chi connectivity index (χ2n) is 6.41. The van der Waals surface area contributed by atoms with Crippen molar-refractivity contribution in [2.45, 2.75) is 25.8 Å². The normalized spacial score (nSPS) is 14.3. The molecule has 22 heavy (non-hydrogen) atoms. The van der Waals surface area contributed by atoms with Crippen molar-refractivity contribution in [1.82, 2.24) is 0 Å². The zero-order chi connectivity index (χ0) is 15.7. The summed E-state index contributed by atoms with van der Waals surface area (Å²) >= 11 is 0. The Morgan fingerprint density at radius 1 is 1.09 bits per heavy atom. The molecule has 1 aliphatic rings. The fourth-order valence-corrected chi connectivity index (χ4v) is 3.00. The summed E-state index contributed by atoms with van der Waals surface area (Å²) in [6.07, 6.45) is 0. The Balaban J connectivity index is 1.85. The summed E-state index contributed by atoms with van der Waals surface area (Å²) in [6.45, 7) is 5.63. The van der Waals surface area contributed by atoms with Gasteiger partial charge in [-0.1, -0.05) is 44.2 Å². The van der Waals surface area contributed by atoms with E-state index in [0.29, 0.717) is 13.2 Å². The van der Waals surface area contributed by atoms with Crippen LogP contribution >= 0.6 is 0 Å². The van der Waals surface area contributed by atoms with Gasteiger partial charge in [0.05, 0.1) is 13.2 Å². The lowest BCUT2D eigenvalue weighted by atomic mass is 9.85. The molecule has 0 saturated carbocycles. The quantitative estimate of drug-likeness (QED) is 0.859. The Kier molecular flexibility index (Phi) is 3.75. The summed E-state index contributed by atoms with van der Waals surface area (Å²) < 4.78 is 5.29. The number of nitrogens with zero attached hydrogens (tertiary/aromatic N) is 1. The van der Waals surface area contributed by atoms with E-state index in [2.05, 4.69) is 26.0 Å². The fourth-order valence-electron chi connectivity index (χ4n) is 3.00. The first-order valence-corrected chi connectivity index (χ1v) is 7.52. The zero-order valence-corrected chi connectivity index (χ0v) is 13.3. The maximum absolute atomic E-state index is 12.5. The Morgan fingerprint density at radius 3 is 2.41 bits per heavy atom. The predicted molar refractivity (Wildman–Crippen MR) is 88.3 cm³/mol. The molecule has 3 heteroatoms. The van der Waals surface area contributed by atoms with Gasteiger partial charge in [0, 0.05) is 23.8 Å². The molecule has 0 spiro atoms. The molecular weight excluding hydrogens is 274 g/mol. The third-order valence-corrected chi connectivity index (χ3v) is 4.29. The number of carbonyl (C=O) groups excluding carboxylic acids is 1. The molecule has 0 N–H and O–H groups in total. The average molecular weight is 295 g/mol. The number of rotatable bonds is 4. The van der Waals surface area contributed by atoms with Crippen molar-refractivity contribution in [3.8, 4) is 0 Å². The highest BCUT2D eigenvalue weighted by Gasteiger charge is 2.28. The lowest BCUT2D eigenvalue weighted by molar-refractivity contribution is 0.0996. The average Bonchev–Trinajstić information content (AvgIpc) is 2.85. The standard InChI is InChI=1S/C19H21NO2/c1-19(2,13-22-3)15-8-10-16(11-9-15)20-12-14-6-4-5-7-17(14)18(20)21/h4-11H,12-13H2,1-3H3. The molecular formula is C19H21NO2. The van der Waals surface area contributed by atoms with E-state index in [1.807, 2.05) is 41.3 Å². The third-order valence-electron chi connectivity index (χ3n) is 4.29. The van der Waals surface area contributed by atoms with Gasteiger partial charge in [0.1, 0.15) is 0 Å². The number of carbonyl (C=O) groups is 1. The monoisotopic (exact) mass is 295 g/mol. The maximum Gasteiger partial charge on any atom is 0.258 e. The van der Waals surface area contributed by atoms with Crippen LogP contribution in [0.25, 0.3) is 0 Å². The minimum absolute atomic E-state index is 0.0364. The van der Waals surface area contributed by atoms with Gasteiger partial charge < -0.3 is 9.64 Å². The lowest BCUT2D eigenvalue weighted by Crippen LogP contribution is -2.25. The molecule has 2 aromatic carbocycles. The SMILES string of the molecule is COCC(C)(C)c1ccc(N2Cc3ccccc3C2=O)cc1. The topological polar surface area (TPSA) is 29.5 Å². The van der Waals surface area contributed by atoms with Crippen LogP contribution in [-0.2, 0) is 16.7 Å². The highest BCUT2D eigenvalue weighted by atomic mass is 16.5. The number of anilines is 1. The lowest BCUT2D eigenvalue weighted by Gasteiger charge is -2.25. The van der Waals surface area contributed by atoms with E-state index < -0.39 is 0 Å². The van der Waals surface area contributed by atoms with E-state index in [-0.39, 0.29) is 11.3 Å². The molecule has 114 valence electrons. The van der Waals surface area contributed by atoms with Gasteiger partial charge in [-0.3, -0.25) is 4.79 Å². The summed E-state index contributed by atoms with van der Waals surface area (Å²) in [5.41, 5.74) is 4.02. The second kappa shape index (κ2) is 5.58. The summed E-state index contributed by atoms with van der Waals surface area (Å²) in [7, 11) is 1.72. The van der Waals surface area contributed by atoms with Crippen molar-refractivity contribution in [1.29, 1.82) is 0 Å². The first-order valence-electron chi connectivity index (χ1n) is 7.52. The molecule has 0 aliphatic carbocycles. The van der Waals surface area contributed by atoms with Crippen LogP contribution in [0.15, 0.2) is 48.5 Å². The van der Waals surface area contributed by atoms with Gasteiger partial charge in [-0.2, -0.15) is 0 Å². The smallest absolute Gasteiger partial charge is 0.258 e. The van der Waals surface area contributed by atoms with Crippen LogP contribution in [0.4, 0.5) is 5.69 Å². The van der Waals surface area contributed by atoms with Crippen LogP contribution in [-0.4, -0.2) is 19.6 Å². The Morgan fingerprint density at radius 2 is 1.77 bits per heavy atom. The number of methoxy groups -OCH3 is 1. The zero-order valence-electron chi connectivity index (χ0n) is 13.3. The van der Waals surface area contributed by atoms with Crippen molar-refractivity contribution in [3.05, 3.63) is 65.2 Å². The van der Waals surface area contributed by atoms with Gasteiger partial charge >= 0.3 is 0 Å². The Bertz CT molecular complexity index is 689. The highest BCUT2D eigenvalue weighted by molar-refractivity contribution is 6.09. The molecule has 2 aromatic rings. The van der Waals surface area contributed by atoms with Gasteiger partial charge in [-0.05, 0) is 29.3 Å². The van der Waals surface area contributed by atoms with E-state index in [0.717, 1.165) is 16.8 Å². The van der Waals surface area contributed by atoms with Crippen molar-refractivity contribution >= 4 is 11.6 Å². The summed E-state index contributed by atoms with van der Waals surface area (Å²) in [5.74, 6) is 0.0829. The summed E-state index contributed by atoms with van der Waals surface area (Å²) in [5, 5.41) is 0. The number of fused-ring (bicyclic) bond motifs is 1. The van der Waals surface area contributed by atoms with Gasteiger partial charge in [0.15, 0.2) is 0 Å². The molecule has 1 amide bonds. The molecule has 0 aromatic heterocycles. The molecule has 0 unspecified atom stereocenters. The van der Waals surface area contributed by atoms with Gasteiger partial charge in [0.2, 0.25) is 0 Å². The minimum Gasteiger partial charge on any atom is -0.384 e. The van der Waals surface area contributed by atoms with Gasteiger partial charge in [-0.25, -0.2) is 0 Å². The van der Waals surface area contributed by atoms with E-state index in [1.165, 1.54) is 5.56 Å². The highest BCUT2D eigenvalue weighted by Crippen LogP contribution is 2.30. The number of amides is 1. The van der Waals surface area contributed by atoms with Crippen LogP contribution in [0, 0.1) is 0 Å². The molecule has 0 bridgehead atoms. The minimum atomic E-state index is -0.0364. The molecule has 0 radical (unpaired) electrons. The van der Waals surface area contributed by atoms with Crippen LogP contribution in [0.1, 0.15) is 35.3 Å². The largest absolute Gasteiger partial charge is 0.384 e. The predicted octanol–water partition coefficient (Wildman–Crippen LogP) is 3.77. The molecule has 1 aliphatic heterocycles. The first kappa shape index (κ1) is 14.8. The van der Waals surface area contributed by atoms with Crippen LogP contribution in [0.2, 0.25) is 0 Å².